The van der Waals surface area contributed by atoms with Crippen LogP contribution >= 0.6 is 0 Å². The summed E-state index contributed by atoms with van der Waals surface area (Å²) < 4.78 is 2.08. The van der Waals surface area contributed by atoms with E-state index in [0.717, 1.165) is 6.42 Å². The van der Waals surface area contributed by atoms with Gasteiger partial charge in [0.25, 0.3) is 0 Å². The number of rotatable bonds is 1. The Hall–Kier alpha value is -0.720. The van der Waals surface area contributed by atoms with Crippen molar-refractivity contribution in [1.82, 2.24) is 4.57 Å². The van der Waals surface area contributed by atoms with Crippen molar-refractivity contribution in [3.63, 3.8) is 0 Å². The standard InChI is InChI=1S/C7H10N/c1-3-7-5-4-6-8(7)2/h4,6H,3H2,1-2H3. The highest BCUT2D eigenvalue weighted by Gasteiger charge is 1.89. The molecule has 0 aromatic carbocycles. The second-order valence-corrected chi connectivity index (χ2v) is 1.87. The van der Waals surface area contributed by atoms with Gasteiger partial charge in [0, 0.05) is 25.0 Å². The summed E-state index contributed by atoms with van der Waals surface area (Å²) in [6.07, 6.45) is 3.09. The largest absolute Gasteiger partial charge is 0.354 e. The van der Waals surface area contributed by atoms with E-state index in [9.17, 15) is 0 Å². The minimum absolute atomic E-state index is 1.07. The Morgan fingerprint density at radius 2 is 2.50 bits per heavy atom. The Balaban J connectivity index is 2.92. The summed E-state index contributed by atoms with van der Waals surface area (Å²) in [6.45, 7) is 2.13. The molecule has 1 aromatic heterocycles. The van der Waals surface area contributed by atoms with Gasteiger partial charge in [-0.3, -0.25) is 0 Å². The highest BCUT2D eigenvalue weighted by molar-refractivity contribution is 5.03. The molecule has 1 nitrogen and oxygen atoms in total. The van der Waals surface area contributed by atoms with Crippen LogP contribution in [0.4, 0.5) is 0 Å². The topological polar surface area (TPSA) is 4.93 Å². The summed E-state index contributed by atoms with van der Waals surface area (Å²) >= 11 is 0. The third kappa shape index (κ3) is 0.760. The van der Waals surface area contributed by atoms with Crippen LogP contribution in [0.3, 0.4) is 0 Å². The molecule has 0 unspecified atom stereocenters. The third-order valence-electron chi connectivity index (χ3n) is 1.31. The van der Waals surface area contributed by atoms with Crippen molar-refractivity contribution in [2.75, 3.05) is 0 Å². The molecule has 0 saturated carbocycles. The van der Waals surface area contributed by atoms with Gasteiger partial charge >= 0.3 is 0 Å². The molecule has 0 bridgehead atoms. The summed E-state index contributed by atoms with van der Waals surface area (Å²) in [5.74, 6) is 0. The van der Waals surface area contributed by atoms with Crippen LogP contribution in [0, 0.1) is 6.07 Å². The van der Waals surface area contributed by atoms with Crippen molar-refractivity contribution in [3.05, 3.63) is 24.0 Å². The van der Waals surface area contributed by atoms with Crippen molar-refractivity contribution >= 4 is 0 Å². The van der Waals surface area contributed by atoms with Crippen LogP contribution in [-0.2, 0) is 13.5 Å². The number of aromatic nitrogens is 1. The molecule has 1 heteroatoms. The lowest BCUT2D eigenvalue weighted by molar-refractivity contribution is 0.836. The van der Waals surface area contributed by atoms with Gasteiger partial charge in [0.1, 0.15) is 0 Å². The molecule has 0 atom stereocenters. The number of nitrogens with zero attached hydrogens (tertiary/aromatic N) is 1. The molecular formula is C7H10N. The average Bonchev–Trinajstić information content (AvgIpc) is 2.14. The second kappa shape index (κ2) is 2.03. The van der Waals surface area contributed by atoms with Crippen LogP contribution in [0.1, 0.15) is 12.6 Å². The fourth-order valence-electron chi connectivity index (χ4n) is 0.789. The fourth-order valence-corrected chi connectivity index (χ4v) is 0.789. The summed E-state index contributed by atoms with van der Waals surface area (Å²) in [4.78, 5) is 0. The molecule has 0 spiro atoms. The van der Waals surface area contributed by atoms with Gasteiger partial charge in [-0.2, -0.15) is 0 Å². The van der Waals surface area contributed by atoms with Crippen LogP contribution in [-0.4, -0.2) is 4.57 Å². The van der Waals surface area contributed by atoms with Crippen molar-refractivity contribution < 1.29 is 0 Å². The molecule has 0 aliphatic rings. The van der Waals surface area contributed by atoms with E-state index in [-0.39, 0.29) is 0 Å². The molecule has 1 rings (SSSR count). The summed E-state index contributed by atoms with van der Waals surface area (Å²) in [7, 11) is 2.04. The Bertz CT molecular complexity index is 165. The predicted molar refractivity (Wildman–Crippen MR) is 33.6 cm³/mol. The quantitative estimate of drug-likeness (QED) is 0.512. The summed E-state index contributed by atoms with van der Waals surface area (Å²) in [5.41, 5.74) is 1.27. The van der Waals surface area contributed by atoms with Crippen LogP contribution in [0.15, 0.2) is 12.3 Å². The molecule has 43 valence electrons. The highest BCUT2D eigenvalue weighted by Crippen LogP contribution is 1.97. The van der Waals surface area contributed by atoms with Crippen molar-refractivity contribution in [2.24, 2.45) is 7.05 Å². The lowest BCUT2D eigenvalue weighted by atomic mass is 10.3. The average molecular weight is 108 g/mol. The lowest BCUT2D eigenvalue weighted by Crippen LogP contribution is -1.90. The number of aryl methyl sites for hydroxylation is 2. The first-order valence-corrected chi connectivity index (χ1v) is 2.86. The molecule has 1 heterocycles. The van der Waals surface area contributed by atoms with Gasteiger partial charge < -0.3 is 4.57 Å². The van der Waals surface area contributed by atoms with E-state index in [1.54, 1.807) is 0 Å². The van der Waals surface area contributed by atoms with E-state index in [2.05, 4.69) is 17.6 Å². The number of hydrogen-bond acceptors (Lipinski definition) is 0. The normalized spacial score (nSPS) is 9.75. The zero-order valence-corrected chi connectivity index (χ0v) is 5.31. The predicted octanol–water partition coefficient (Wildman–Crippen LogP) is 1.39. The SMILES string of the molecule is CCc1[c]ccn1C. The zero-order chi connectivity index (χ0) is 5.98. The minimum atomic E-state index is 1.07. The van der Waals surface area contributed by atoms with E-state index < -0.39 is 0 Å². The smallest absolute Gasteiger partial charge is 0.0248 e. The van der Waals surface area contributed by atoms with E-state index in [0.29, 0.717) is 0 Å². The van der Waals surface area contributed by atoms with Gasteiger partial charge in [0.2, 0.25) is 0 Å². The van der Waals surface area contributed by atoms with E-state index in [1.807, 2.05) is 19.3 Å². The molecule has 0 aliphatic carbocycles. The van der Waals surface area contributed by atoms with Crippen LogP contribution in [0.2, 0.25) is 0 Å². The molecule has 0 saturated heterocycles. The van der Waals surface area contributed by atoms with Gasteiger partial charge in [-0.1, -0.05) is 6.92 Å². The first-order valence-electron chi connectivity index (χ1n) is 2.86. The van der Waals surface area contributed by atoms with Gasteiger partial charge in [-0.25, -0.2) is 0 Å². The maximum atomic E-state index is 3.12. The molecule has 0 fully saturated rings. The van der Waals surface area contributed by atoms with E-state index in [1.165, 1.54) is 5.69 Å². The monoisotopic (exact) mass is 108 g/mol. The van der Waals surface area contributed by atoms with E-state index in [4.69, 9.17) is 0 Å². The fraction of sp³-hybridized carbons (Fsp3) is 0.429. The van der Waals surface area contributed by atoms with Crippen molar-refractivity contribution in [3.8, 4) is 0 Å². The molecule has 0 amide bonds. The first-order chi connectivity index (χ1) is 3.84. The minimum Gasteiger partial charge on any atom is -0.354 e. The van der Waals surface area contributed by atoms with Crippen molar-refractivity contribution in [2.45, 2.75) is 13.3 Å². The highest BCUT2D eigenvalue weighted by atomic mass is 14.9. The van der Waals surface area contributed by atoms with Gasteiger partial charge in [0.05, 0.1) is 0 Å². The molecule has 1 radical (unpaired) electrons. The summed E-state index contributed by atoms with van der Waals surface area (Å²) in [5, 5.41) is 0. The molecule has 0 aliphatic heterocycles. The van der Waals surface area contributed by atoms with E-state index >= 15 is 0 Å². The van der Waals surface area contributed by atoms with Crippen molar-refractivity contribution in [1.29, 1.82) is 0 Å². The molecule has 0 N–H and O–H groups in total. The second-order valence-electron chi connectivity index (χ2n) is 1.87. The Kier molecular flexibility index (Phi) is 1.38. The van der Waals surface area contributed by atoms with Crippen LogP contribution in [0.25, 0.3) is 0 Å². The summed E-state index contributed by atoms with van der Waals surface area (Å²) in [6, 6.07) is 5.06. The van der Waals surface area contributed by atoms with Crippen LogP contribution in [0.5, 0.6) is 0 Å². The Labute approximate surface area is 49.9 Å². The lowest BCUT2D eigenvalue weighted by Gasteiger charge is -1.94. The van der Waals surface area contributed by atoms with Gasteiger partial charge in [-0.15, -0.1) is 0 Å². The molecular weight excluding hydrogens is 98.1 g/mol. The van der Waals surface area contributed by atoms with Crippen LogP contribution < -0.4 is 0 Å². The molecule has 8 heavy (non-hydrogen) atoms. The third-order valence-corrected chi connectivity index (χ3v) is 1.31. The number of hydrogen-bond donors (Lipinski definition) is 0. The van der Waals surface area contributed by atoms with Gasteiger partial charge in [-0.05, 0) is 12.5 Å². The zero-order valence-electron chi connectivity index (χ0n) is 5.31. The first kappa shape index (κ1) is 5.42. The van der Waals surface area contributed by atoms with Gasteiger partial charge in [0.15, 0.2) is 0 Å². The Morgan fingerprint density at radius 3 is 2.75 bits per heavy atom. The Morgan fingerprint density at radius 1 is 1.75 bits per heavy atom. The molecule has 1 aromatic rings. The maximum absolute atomic E-state index is 3.12. The maximum Gasteiger partial charge on any atom is 0.0248 e.